The van der Waals surface area contributed by atoms with Crippen LogP contribution in [0, 0.1) is 5.92 Å². The summed E-state index contributed by atoms with van der Waals surface area (Å²) in [4.78, 5) is 16.9. The highest BCUT2D eigenvalue weighted by Crippen LogP contribution is 2.16. The maximum atomic E-state index is 12.1. The zero-order valence-electron chi connectivity index (χ0n) is 13.4. The predicted molar refractivity (Wildman–Crippen MR) is 82.7 cm³/mol. The molecule has 0 bridgehead atoms. The minimum Gasteiger partial charge on any atom is -0.352 e. The fourth-order valence-corrected chi connectivity index (χ4v) is 3.26. The van der Waals surface area contributed by atoms with E-state index in [0.29, 0.717) is 18.6 Å². The first-order valence-electron chi connectivity index (χ1n) is 8.30. The second-order valence-electron chi connectivity index (χ2n) is 6.93. The van der Waals surface area contributed by atoms with Gasteiger partial charge in [-0.2, -0.15) is 0 Å². The molecule has 0 aliphatic carbocycles. The molecule has 116 valence electrons. The Morgan fingerprint density at radius 1 is 1.10 bits per heavy atom. The molecule has 0 saturated carbocycles. The average molecular weight is 281 g/mol. The normalized spacial score (nSPS) is 24.2. The number of hydrogen-bond donors (Lipinski definition) is 1. The van der Waals surface area contributed by atoms with E-state index in [1.807, 2.05) is 0 Å². The van der Waals surface area contributed by atoms with E-state index in [-0.39, 0.29) is 5.91 Å². The Kier molecular flexibility index (Phi) is 5.85. The van der Waals surface area contributed by atoms with Crippen molar-refractivity contribution in [1.82, 2.24) is 15.1 Å². The van der Waals surface area contributed by atoms with Crippen LogP contribution in [-0.4, -0.2) is 60.5 Å². The van der Waals surface area contributed by atoms with Gasteiger partial charge in [0.05, 0.1) is 6.54 Å². The molecule has 4 nitrogen and oxygen atoms in total. The van der Waals surface area contributed by atoms with Gasteiger partial charge in [0.15, 0.2) is 0 Å². The number of rotatable bonds is 4. The summed E-state index contributed by atoms with van der Waals surface area (Å²) in [7, 11) is 0. The van der Waals surface area contributed by atoms with Crippen LogP contribution in [0.25, 0.3) is 0 Å². The Balaban J connectivity index is 1.65. The number of nitrogens with zero attached hydrogens (tertiary/aromatic N) is 2. The molecule has 1 amide bonds. The van der Waals surface area contributed by atoms with Gasteiger partial charge in [0.1, 0.15) is 0 Å². The number of carbonyl (C=O) groups is 1. The number of piperidine rings is 2. The van der Waals surface area contributed by atoms with Gasteiger partial charge in [-0.3, -0.25) is 9.69 Å². The smallest absolute Gasteiger partial charge is 0.234 e. The van der Waals surface area contributed by atoms with E-state index in [0.717, 1.165) is 44.9 Å². The fraction of sp³-hybridized carbons (Fsp3) is 0.938. The quantitative estimate of drug-likeness (QED) is 0.852. The number of amides is 1. The largest absolute Gasteiger partial charge is 0.352 e. The standard InChI is InChI=1S/C16H31N3O/c1-13(2)19-10-6-15(7-11-19)17-16(20)12-18-8-4-14(3)5-9-18/h13-15H,4-12H2,1-3H3,(H,17,20). The van der Waals surface area contributed by atoms with E-state index in [1.165, 1.54) is 12.8 Å². The molecule has 1 N–H and O–H groups in total. The van der Waals surface area contributed by atoms with Crippen LogP contribution in [-0.2, 0) is 4.79 Å². The first-order chi connectivity index (χ1) is 9.54. The molecule has 0 aromatic heterocycles. The number of hydrogen-bond acceptors (Lipinski definition) is 3. The third-order valence-corrected chi connectivity index (χ3v) is 4.87. The molecule has 0 radical (unpaired) electrons. The van der Waals surface area contributed by atoms with Crippen LogP contribution >= 0.6 is 0 Å². The average Bonchev–Trinajstić information content (AvgIpc) is 2.42. The van der Waals surface area contributed by atoms with Crippen LogP contribution < -0.4 is 5.32 Å². The molecular formula is C16H31N3O. The summed E-state index contributed by atoms with van der Waals surface area (Å²) in [5, 5.41) is 3.23. The monoisotopic (exact) mass is 281 g/mol. The van der Waals surface area contributed by atoms with Gasteiger partial charge in [0.2, 0.25) is 5.91 Å². The molecule has 0 unspecified atom stereocenters. The molecule has 2 heterocycles. The molecule has 4 heteroatoms. The minimum atomic E-state index is 0.225. The summed E-state index contributed by atoms with van der Waals surface area (Å²) in [5.41, 5.74) is 0. The van der Waals surface area contributed by atoms with E-state index < -0.39 is 0 Å². The molecule has 2 aliphatic rings. The van der Waals surface area contributed by atoms with E-state index in [2.05, 4.69) is 35.9 Å². The van der Waals surface area contributed by atoms with E-state index in [1.54, 1.807) is 0 Å². The van der Waals surface area contributed by atoms with Crippen molar-refractivity contribution in [2.24, 2.45) is 5.92 Å². The number of carbonyl (C=O) groups excluding carboxylic acids is 1. The third kappa shape index (κ3) is 4.74. The van der Waals surface area contributed by atoms with Crippen molar-refractivity contribution in [3.05, 3.63) is 0 Å². The zero-order chi connectivity index (χ0) is 14.5. The molecule has 0 atom stereocenters. The molecule has 2 saturated heterocycles. The summed E-state index contributed by atoms with van der Waals surface area (Å²) in [6, 6.07) is 1.02. The minimum absolute atomic E-state index is 0.225. The van der Waals surface area contributed by atoms with Crippen LogP contribution in [0.5, 0.6) is 0 Å². The van der Waals surface area contributed by atoms with Crippen molar-refractivity contribution >= 4 is 5.91 Å². The van der Waals surface area contributed by atoms with Crippen molar-refractivity contribution in [2.75, 3.05) is 32.7 Å². The lowest BCUT2D eigenvalue weighted by atomic mass is 9.99. The van der Waals surface area contributed by atoms with E-state index in [4.69, 9.17) is 0 Å². The molecule has 2 aliphatic heterocycles. The summed E-state index contributed by atoms with van der Waals surface area (Å²) < 4.78 is 0. The van der Waals surface area contributed by atoms with Crippen LogP contribution in [0.3, 0.4) is 0 Å². The van der Waals surface area contributed by atoms with E-state index in [9.17, 15) is 4.79 Å². The van der Waals surface area contributed by atoms with Crippen LogP contribution in [0.15, 0.2) is 0 Å². The zero-order valence-corrected chi connectivity index (χ0v) is 13.4. The molecule has 20 heavy (non-hydrogen) atoms. The second kappa shape index (κ2) is 7.41. The van der Waals surface area contributed by atoms with Gasteiger partial charge in [-0.15, -0.1) is 0 Å². The fourth-order valence-electron chi connectivity index (χ4n) is 3.26. The number of nitrogens with one attached hydrogen (secondary N) is 1. The summed E-state index contributed by atoms with van der Waals surface area (Å²) in [6.07, 6.45) is 4.67. The Labute approximate surface area is 123 Å². The lowest BCUT2D eigenvalue weighted by molar-refractivity contribution is -0.123. The van der Waals surface area contributed by atoms with Crippen molar-refractivity contribution in [1.29, 1.82) is 0 Å². The van der Waals surface area contributed by atoms with Gasteiger partial charge in [-0.1, -0.05) is 6.92 Å². The van der Waals surface area contributed by atoms with Crippen molar-refractivity contribution < 1.29 is 4.79 Å². The van der Waals surface area contributed by atoms with Gasteiger partial charge in [-0.05, 0) is 58.5 Å². The highest BCUT2D eigenvalue weighted by Gasteiger charge is 2.23. The Hall–Kier alpha value is -0.610. The summed E-state index contributed by atoms with van der Waals surface area (Å²) in [5.74, 6) is 1.05. The first-order valence-corrected chi connectivity index (χ1v) is 8.30. The maximum absolute atomic E-state index is 12.1. The Morgan fingerprint density at radius 3 is 2.25 bits per heavy atom. The third-order valence-electron chi connectivity index (χ3n) is 4.87. The predicted octanol–water partition coefficient (Wildman–Crippen LogP) is 1.71. The summed E-state index contributed by atoms with van der Waals surface area (Å²) in [6.45, 7) is 11.8. The van der Waals surface area contributed by atoms with Crippen LogP contribution in [0.2, 0.25) is 0 Å². The lowest BCUT2D eigenvalue weighted by Gasteiger charge is -2.35. The van der Waals surface area contributed by atoms with Crippen molar-refractivity contribution in [2.45, 2.75) is 58.5 Å². The van der Waals surface area contributed by atoms with Crippen molar-refractivity contribution in [3.63, 3.8) is 0 Å². The highest BCUT2D eigenvalue weighted by molar-refractivity contribution is 5.78. The molecule has 0 aromatic carbocycles. The van der Waals surface area contributed by atoms with Gasteiger partial charge in [-0.25, -0.2) is 0 Å². The topological polar surface area (TPSA) is 35.6 Å². The molecule has 0 aromatic rings. The lowest BCUT2D eigenvalue weighted by Crippen LogP contribution is -2.49. The Morgan fingerprint density at radius 2 is 1.70 bits per heavy atom. The van der Waals surface area contributed by atoms with Gasteiger partial charge in [0.25, 0.3) is 0 Å². The van der Waals surface area contributed by atoms with Crippen molar-refractivity contribution in [3.8, 4) is 0 Å². The molecule has 2 fully saturated rings. The second-order valence-corrected chi connectivity index (χ2v) is 6.93. The molecule has 0 spiro atoms. The highest BCUT2D eigenvalue weighted by atomic mass is 16.2. The molecular weight excluding hydrogens is 250 g/mol. The summed E-state index contributed by atoms with van der Waals surface area (Å²) >= 11 is 0. The maximum Gasteiger partial charge on any atom is 0.234 e. The van der Waals surface area contributed by atoms with Gasteiger partial charge < -0.3 is 10.2 Å². The molecule has 2 rings (SSSR count). The number of likely N-dealkylation sites (tertiary alicyclic amines) is 2. The Bertz CT molecular complexity index is 303. The van der Waals surface area contributed by atoms with Gasteiger partial charge >= 0.3 is 0 Å². The van der Waals surface area contributed by atoms with E-state index >= 15 is 0 Å². The van der Waals surface area contributed by atoms with Gasteiger partial charge in [0, 0.05) is 25.2 Å². The SMILES string of the molecule is CC1CCN(CC(=O)NC2CCN(C(C)C)CC2)CC1. The first kappa shape index (κ1) is 15.8. The van der Waals surface area contributed by atoms with Crippen LogP contribution in [0.4, 0.5) is 0 Å². The van der Waals surface area contributed by atoms with Crippen LogP contribution in [0.1, 0.15) is 46.5 Å².